The number of nitrogens with one attached hydrogen (secondary N) is 1. The van der Waals surface area contributed by atoms with E-state index in [1.165, 1.54) is 17.8 Å². The third-order valence-corrected chi connectivity index (χ3v) is 5.03. The summed E-state index contributed by atoms with van der Waals surface area (Å²) in [5, 5.41) is 11.4. The van der Waals surface area contributed by atoms with E-state index in [-0.39, 0.29) is 11.3 Å². The maximum Gasteiger partial charge on any atom is 0.339 e. The molecule has 0 saturated heterocycles. The maximum absolute atomic E-state index is 13.6. The Balaban J connectivity index is 1.67. The lowest BCUT2D eigenvalue weighted by Crippen LogP contribution is -2.21. The Bertz CT molecular complexity index is 1150. The fourth-order valence-corrected chi connectivity index (χ4v) is 3.49. The highest BCUT2D eigenvalue weighted by molar-refractivity contribution is 7.99. The molecule has 0 atom stereocenters. The van der Waals surface area contributed by atoms with E-state index >= 15 is 0 Å². The molecule has 0 fully saturated rings. The van der Waals surface area contributed by atoms with Gasteiger partial charge in [-0.25, -0.2) is 13.6 Å². The standard InChI is InChI=1S/C22H14F2N2O3S/c23-15-9-10-18(17(24)11-15)26-21(27)13-29-22(28)16-6-2-4-8-20(16)30-19-7-3-1-5-14(19)12-25/h1-11H,13H2,(H,26,27). The molecule has 8 heteroatoms. The summed E-state index contributed by atoms with van der Waals surface area (Å²) in [4.78, 5) is 25.7. The van der Waals surface area contributed by atoms with Crippen LogP contribution in [0, 0.1) is 23.0 Å². The second-order valence-corrected chi connectivity index (χ2v) is 7.04. The highest BCUT2D eigenvalue weighted by Crippen LogP contribution is 2.32. The van der Waals surface area contributed by atoms with Gasteiger partial charge in [0.05, 0.1) is 16.8 Å². The van der Waals surface area contributed by atoms with Gasteiger partial charge in [-0.15, -0.1) is 0 Å². The lowest BCUT2D eigenvalue weighted by atomic mass is 10.2. The lowest BCUT2D eigenvalue weighted by molar-refractivity contribution is -0.119. The second-order valence-electron chi connectivity index (χ2n) is 5.95. The molecule has 0 unspecified atom stereocenters. The van der Waals surface area contributed by atoms with E-state index in [0.717, 1.165) is 12.1 Å². The fraction of sp³-hybridized carbons (Fsp3) is 0.0455. The summed E-state index contributed by atoms with van der Waals surface area (Å²) in [6.45, 7) is -0.649. The molecule has 30 heavy (non-hydrogen) atoms. The number of benzene rings is 3. The number of amides is 1. The number of esters is 1. The van der Waals surface area contributed by atoms with Crippen molar-refractivity contribution in [3.05, 3.63) is 89.5 Å². The number of carbonyl (C=O) groups is 2. The molecule has 0 bridgehead atoms. The van der Waals surface area contributed by atoms with Gasteiger partial charge in [-0.1, -0.05) is 36.0 Å². The normalized spacial score (nSPS) is 10.2. The van der Waals surface area contributed by atoms with Crippen LogP contribution < -0.4 is 5.32 Å². The van der Waals surface area contributed by atoms with Crippen molar-refractivity contribution < 1.29 is 23.1 Å². The highest BCUT2D eigenvalue weighted by atomic mass is 32.2. The molecule has 3 rings (SSSR count). The van der Waals surface area contributed by atoms with Crippen molar-refractivity contribution in [2.24, 2.45) is 0 Å². The summed E-state index contributed by atoms with van der Waals surface area (Å²) in [7, 11) is 0. The first kappa shape index (κ1) is 21.0. The van der Waals surface area contributed by atoms with Crippen LogP contribution in [0.1, 0.15) is 15.9 Å². The molecule has 0 spiro atoms. The zero-order valence-corrected chi connectivity index (χ0v) is 16.2. The number of hydrogen-bond acceptors (Lipinski definition) is 5. The number of nitriles is 1. The Morgan fingerprint density at radius 2 is 1.70 bits per heavy atom. The second kappa shape index (κ2) is 9.67. The quantitative estimate of drug-likeness (QED) is 0.576. The molecule has 0 aromatic heterocycles. The van der Waals surface area contributed by atoms with Gasteiger partial charge in [-0.3, -0.25) is 4.79 Å². The molecule has 150 valence electrons. The highest BCUT2D eigenvalue weighted by Gasteiger charge is 2.17. The smallest absolute Gasteiger partial charge is 0.339 e. The summed E-state index contributed by atoms with van der Waals surface area (Å²) in [6.07, 6.45) is 0. The fourth-order valence-electron chi connectivity index (χ4n) is 2.48. The van der Waals surface area contributed by atoms with Gasteiger partial charge in [0.25, 0.3) is 5.91 Å². The molecular weight excluding hydrogens is 410 g/mol. The van der Waals surface area contributed by atoms with Gasteiger partial charge in [-0.05, 0) is 36.4 Å². The van der Waals surface area contributed by atoms with Gasteiger partial charge < -0.3 is 10.1 Å². The number of carbonyl (C=O) groups excluding carboxylic acids is 2. The Hall–Kier alpha value is -3.70. The molecule has 5 nitrogen and oxygen atoms in total. The van der Waals surface area contributed by atoms with E-state index in [2.05, 4.69) is 11.4 Å². The number of halogens is 2. The van der Waals surface area contributed by atoms with Crippen LogP contribution in [0.3, 0.4) is 0 Å². The van der Waals surface area contributed by atoms with Crippen molar-refractivity contribution in [2.45, 2.75) is 9.79 Å². The van der Waals surface area contributed by atoms with E-state index in [0.29, 0.717) is 21.4 Å². The first-order valence-electron chi connectivity index (χ1n) is 8.66. The van der Waals surface area contributed by atoms with Crippen molar-refractivity contribution in [3.8, 4) is 6.07 Å². The van der Waals surface area contributed by atoms with Crippen molar-refractivity contribution in [1.29, 1.82) is 5.26 Å². The minimum Gasteiger partial charge on any atom is -0.452 e. The molecule has 0 aliphatic rings. The third-order valence-electron chi connectivity index (χ3n) is 3.87. The monoisotopic (exact) mass is 424 g/mol. The largest absolute Gasteiger partial charge is 0.452 e. The van der Waals surface area contributed by atoms with E-state index in [9.17, 15) is 23.6 Å². The van der Waals surface area contributed by atoms with Crippen molar-refractivity contribution >= 4 is 29.3 Å². The number of hydrogen-bond donors (Lipinski definition) is 1. The Morgan fingerprint density at radius 1 is 1.00 bits per heavy atom. The summed E-state index contributed by atoms with van der Waals surface area (Å²) in [6, 6.07) is 18.4. The summed E-state index contributed by atoms with van der Waals surface area (Å²) in [5.74, 6) is -3.23. The van der Waals surface area contributed by atoms with Gasteiger partial charge >= 0.3 is 5.97 Å². The number of ether oxygens (including phenoxy) is 1. The first-order valence-corrected chi connectivity index (χ1v) is 9.47. The molecule has 1 amide bonds. The van der Waals surface area contributed by atoms with E-state index in [4.69, 9.17) is 4.74 Å². The predicted molar refractivity (Wildman–Crippen MR) is 107 cm³/mol. The number of anilines is 1. The van der Waals surface area contributed by atoms with Gasteiger partial charge in [0.15, 0.2) is 6.61 Å². The van der Waals surface area contributed by atoms with E-state index < -0.39 is 30.1 Å². The average molecular weight is 424 g/mol. The molecule has 1 N–H and O–H groups in total. The SMILES string of the molecule is N#Cc1ccccc1Sc1ccccc1C(=O)OCC(=O)Nc1ccc(F)cc1F. The Kier molecular flexibility index (Phi) is 6.78. The Labute approximate surface area is 175 Å². The molecular formula is C22H14F2N2O3S. The number of nitrogens with zero attached hydrogens (tertiary/aromatic N) is 1. The summed E-state index contributed by atoms with van der Waals surface area (Å²) in [5.41, 5.74) is 0.462. The summed E-state index contributed by atoms with van der Waals surface area (Å²) < 4.78 is 31.6. The van der Waals surface area contributed by atoms with Crippen molar-refractivity contribution in [2.75, 3.05) is 11.9 Å². The van der Waals surface area contributed by atoms with Crippen LogP contribution in [0.15, 0.2) is 76.5 Å². The van der Waals surface area contributed by atoms with Crippen LogP contribution in [-0.2, 0) is 9.53 Å². The molecule has 0 saturated carbocycles. The molecule has 3 aromatic carbocycles. The Morgan fingerprint density at radius 3 is 2.43 bits per heavy atom. The van der Waals surface area contributed by atoms with Crippen LogP contribution >= 0.6 is 11.8 Å². The van der Waals surface area contributed by atoms with Crippen LogP contribution in [0.4, 0.5) is 14.5 Å². The average Bonchev–Trinajstić information content (AvgIpc) is 2.75. The van der Waals surface area contributed by atoms with Crippen molar-refractivity contribution in [1.82, 2.24) is 0 Å². The maximum atomic E-state index is 13.6. The molecule has 0 radical (unpaired) electrons. The van der Waals surface area contributed by atoms with Crippen LogP contribution in [0.5, 0.6) is 0 Å². The lowest BCUT2D eigenvalue weighted by Gasteiger charge is -2.10. The van der Waals surface area contributed by atoms with Crippen LogP contribution in [0.25, 0.3) is 0 Å². The summed E-state index contributed by atoms with van der Waals surface area (Å²) >= 11 is 1.22. The zero-order chi connectivity index (χ0) is 21.5. The van der Waals surface area contributed by atoms with Crippen molar-refractivity contribution in [3.63, 3.8) is 0 Å². The van der Waals surface area contributed by atoms with Gasteiger partial charge in [0, 0.05) is 15.9 Å². The number of rotatable bonds is 6. The molecule has 0 aliphatic carbocycles. The topological polar surface area (TPSA) is 79.2 Å². The van der Waals surface area contributed by atoms with Gasteiger partial charge in [0.1, 0.15) is 17.7 Å². The molecule has 0 heterocycles. The van der Waals surface area contributed by atoms with Crippen LogP contribution in [-0.4, -0.2) is 18.5 Å². The third kappa shape index (κ3) is 5.21. The van der Waals surface area contributed by atoms with Crippen LogP contribution in [0.2, 0.25) is 0 Å². The predicted octanol–water partition coefficient (Wildman–Crippen LogP) is 4.78. The van der Waals surface area contributed by atoms with Gasteiger partial charge in [-0.2, -0.15) is 5.26 Å². The van der Waals surface area contributed by atoms with E-state index in [1.54, 1.807) is 42.5 Å². The first-order chi connectivity index (χ1) is 14.5. The zero-order valence-electron chi connectivity index (χ0n) is 15.4. The molecule has 3 aromatic rings. The van der Waals surface area contributed by atoms with Gasteiger partial charge in [0.2, 0.25) is 0 Å². The minimum absolute atomic E-state index is 0.219. The minimum atomic E-state index is -0.937. The van der Waals surface area contributed by atoms with E-state index in [1.807, 2.05) is 0 Å². The molecule has 0 aliphatic heterocycles.